The number of amides is 12. The van der Waals surface area contributed by atoms with Crippen molar-refractivity contribution >= 4 is 88.5 Å². The van der Waals surface area contributed by atoms with Gasteiger partial charge < -0.3 is 129 Å². The van der Waals surface area contributed by atoms with E-state index in [2.05, 4.69) is 53.2 Å². The van der Waals surface area contributed by atoms with E-state index >= 15 is 19.2 Å². The number of hydrogen-bond donors (Lipinski definition) is 19. The van der Waals surface area contributed by atoms with E-state index < -0.39 is 253 Å². The van der Waals surface area contributed by atoms with Crippen molar-refractivity contribution in [3.8, 4) is 5.75 Å². The number of ether oxygens (including phenoxy) is 5. The molecule has 3 saturated heterocycles. The van der Waals surface area contributed by atoms with E-state index in [1.54, 1.807) is 6.92 Å². The van der Waals surface area contributed by atoms with Gasteiger partial charge in [0.15, 0.2) is 5.60 Å². The first-order valence-electron chi connectivity index (χ1n) is 36.1. The zero-order valence-corrected chi connectivity index (χ0v) is 65.1. The fourth-order valence-electron chi connectivity index (χ4n) is 11.9. The monoisotopic (exact) mass is 1580 g/mol. The van der Waals surface area contributed by atoms with Crippen molar-refractivity contribution in [1.82, 2.24) is 58.1 Å². The normalized spacial score (nSPS) is 28.1. The molecule has 3 heterocycles. The molecule has 25 atom stereocenters. The van der Waals surface area contributed by atoms with Gasteiger partial charge in [0.05, 0.1) is 38.0 Å². The minimum absolute atomic E-state index is 0.00956. The van der Waals surface area contributed by atoms with E-state index in [0.717, 1.165) is 51.9 Å². The maximum atomic E-state index is 15.7. The Hall–Kier alpha value is -8.54. The number of nitrogens with two attached hydrogens (primary N) is 2. The first kappa shape index (κ1) is 93.8. The summed E-state index contributed by atoms with van der Waals surface area (Å²) in [5.74, 6) is -18.9. The average molecular weight is 1580 g/mol. The van der Waals surface area contributed by atoms with E-state index in [1.807, 2.05) is 19.9 Å². The number of piperidine rings is 1. The quantitative estimate of drug-likeness (QED) is 0.0202. The first-order chi connectivity index (χ1) is 51.3. The lowest BCUT2D eigenvalue weighted by atomic mass is 9.87. The molecule has 110 heavy (non-hydrogen) atoms. The number of fused-ring (bicyclic) bond motifs is 1. The van der Waals surface area contributed by atoms with Crippen LogP contribution < -0.4 is 69.4 Å². The van der Waals surface area contributed by atoms with Crippen molar-refractivity contribution in [3.63, 3.8) is 0 Å². The van der Waals surface area contributed by atoms with Gasteiger partial charge >= 0.3 is 5.97 Å². The van der Waals surface area contributed by atoms with Crippen molar-refractivity contribution < 1.29 is 122 Å². The van der Waals surface area contributed by atoms with Crippen LogP contribution in [0.1, 0.15) is 121 Å². The molecule has 0 radical (unpaired) electrons. The van der Waals surface area contributed by atoms with Crippen LogP contribution in [0.3, 0.4) is 0 Å². The number of hydrogen-bond acceptors (Lipinski definition) is 26. The summed E-state index contributed by atoms with van der Waals surface area (Å²) >= 11 is 6.80. The van der Waals surface area contributed by atoms with Crippen molar-refractivity contribution in [2.45, 2.75) is 242 Å². The molecule has 3 aliphatic rings. The highest BCUT2D eigenvalue weighted by atomic mass is 35.5. The molecule has 8 unspecified atom stereocenters. The molecule has 3 aliphatic heterocycles. The molecular formula is C71H112ClN13O25. The standard InChI is InChI=1S/C71H112ClN13O25/c1-16-31(4)25-32(5)17-22-45(88)71(13,105)70(104)76-28-47(90)79-50(37(10)86)64(99)81-49(35(8)73)63(98)80-48(33(6)34(7)59(74)94)62(97)83-52-57(30(2)3)110-68(103)44-26-41(72)23-24-85(44)67(102)53(58(107-15)40-18-20-42(21-19-40)109-69-56(93)55(92)54(91)39(12)108-69)84-65(100)51(38(11)87)82-60(95)36(9)77-46(89)27-75-61(96)43(29-106-14)78-66(52)101/h17-22,25,30-31,33-39,41,43-45,48-58,69,86-88,91-93,105H,16,23-24,26-29,73H2,1-15H3,(H2,74,94)(H,75,96)(H,76,104)(H,77,89)(H,78,101)(H,79,90)(H,80,98)(H,81,99)(H,82,95)(H,83,97)(H,84,100)/b22-17-,32-25+/t31?,33-,34+,35+,36-,37+,38+,39-,41?,43?,44-,45?,48-,49-,50-,51?,52+,53+,54-,55+,56+,57?,58?,69-,71?/m0/s1. The number of halogens is 1. The molecule has 3 fully saturated rings. The second-order valence-electron chi connectivity index (χ2n) is 28.7. The van der Waals surface area contributed by atoms with Gasteiger partial charge in [-0.25, -0.2) is 4.79 Å². The molecule has 1 aromatic carbocycles. The average Bonchev–Trinajstić information content (AvgIpc) is 0.787. The van der Waals surface area contributed by atoms with Crippen LogP contribution in [0.2, 0.25) is 0 Å². The predicted octanol–water partition coefficient (Wildman–Crippen LogP) is -5.94. The van der Waals surface area contributed by atoms with Crippen LogP contribution in [-0.2, 0) is 81.3 Å². The van der Waals surface area contributed by atoms with E-state index in [-0.39, 0.29) is 30.2 Å². The van der Waals surface area contributed by atoms with E-state index in [9.17, 15) is 78.9 Å². The molecule has 0 aliphatic carbocycles. The molecular weight excluding hydrogens is 1470 g/mol. The Labute approximate surface area is 642 Å². The topological polar surface area (TPSA) is 585 Å². The first-order valence-corrected chi connectivity index (χ1v) is 36.6. The number of allylic oxidation sites excluding steroid dienone is 3. The van der Waals surface area contributed by atoms with Gasteiger partial charge in [0.2, 0.25) is 71.3 Å². The van der Waals surface area contributed by atoms with Crippen LogP contribution >= 0.6 is 11.6 Å². The number of methoxy groups -OCH3 is 2. The number of nitrogens with zero attached hydrogens (tertiary/aromatic N) is 1. The van der Waals surface area contributed by atoms with Crippen LogP contribution in [0.15, 0.2) is 48.1 Å². The van der Waals surface area contributed by atoms with Crippen molar-refractivity contribution in [2.24, 2.45) is 35.1 Å². The van der Waals surface area contributed by atoms with Crippen molar-refractivity contribution in [1.29, 1.82) is 0 Å². The van der Waals surface area contributed by atoms with Gasteiger partial charge in [0.1, 0.15) is 96.7 Å². The molecule has 0 spiro atoms. The SMILES string of the molecule is CCC(C)/C=C(C)/C=C\C(O)C(C)(O)C(=O)NCC(=O)N[C@H](C(=O)N[C@H](C(=O)N[C@H](C(=O)N[C@H]1C(=O)NC(COC)C(=O)NCC(=O)N[C@@H](C)C(=O)NC([C@@H](C)O)C(=O)N[C@H](C(OC)c2ccc(O[C@@H]3O[C@@H](C)[C@H](O)[C@@H](O)[C@H]3O)cc2)C(=O)N2CCC(Cl)C[C@H]2C(=O)OC1C(C)C)[C@@H](C)[C@@H](C)C(N)=O)[C@@H](C)N)[C@@H](C)O. The summed E-state index contributed by atoms with van der Waals surface area (Å²) in [6.45, 7) is 15.4. The lowest BCUT2D eigenvalue weighted by Gasteiger charge is -2.41. The minimum atomic E-state index is -2.48. The molecule has 12 amide bonds. The Kier molecular flexibility index (Phi) is 36.5. The molecule has 0 bridgehead atoms. The number of alkyl halides is 1. The van der Waals surface area contributed by atoms with Gasteiger partial charge in [-0.15, -0.1) is 11.6 Å². The number of rotatable bonds is 29. The van der Waals surface area contributed by atoms with Crippen molar-refractivity contribution in [3.05, 3.63) is 53.6 Å². The summed E-state index contributed by atoms with van der Waals surface area (Å²) < 4.78 is 28.8. The number of carbonyl (C=O) groups excluding carboxylic acids is 13. The number of benzene rings is 1. The number of nitrogens with one attached hydrogen (secondary N) is 10. The summed E-state index contributed by atoms with van der Waals surface area (Å²) in [5.41, 5.74) is 10.4. The van der Waals surface area contributed by atoms with Gasteiger partial charge in [0, 0.05) is 38.1 Å². The summed E-state index contributed by atoms with van der Waals surface area (Å²) in [6, 6.07) is -12.8. The fraction of sp³-hybridized carbons (Fsp3) is 0.676. The summed E-state index contributed by atoms with van der Waals surface area (Å²) in [6.07, 6.45) is -11.0. The maximum absolute atomic E-state index is 15.7. The number of cyclic esters (lactones) is 1. The molecule has 0 aromatic heterocycles. The fourth-order valence-corrected chi connectivity index (χ4v) is 12.2. The minimum Gasteiger partial charge on any atom is -0.462 e. The summed E-state index contributed by atoms with van der Waals surface area (Å²) in [5, 5.41) is 97.6. The van der Waals surface area contributed by atoms with Gasteiger partial charge in [-0.05, 0) is 96.8 Å². The van der Waals surface area contributed by atoms with E-state index in [0.29, 0.717) is 0 Å². The second kappa shape index (κ2) is 42.8. The third-order valence-electron chi connectivity index (χ3n) is 19.2. The van der Waals surface area contributed by atoms with E-state index in [4.69, 9.17) is 46.8 Å². The van der Waals surface area contributed by atoms with Crippen LogP contribution in [0.25, 0.3) is 0 Å². The Balaban J connectivity index is 1.83. The largest absolute Gasteiger partial charge is 0.462 e. The number of aliphatic hydroxyl groups excluding tert-OH is 6. The third kappa shape index (κ3) is 26.0. The zero-order valence-electron chi connectivity index (χ0n) is 64.4. The van der Waals surface area contributed by atoms with Gasteiger partial charge in [-0.1, -0.05) is 83.9 Å². The number of esters is 1. The van der Waals surface area contributed by atoms with Crippen LogP contribution in [0.4, 0.5) is 0 Å². The molecule has 4 rings (SSSR count). The Morgan fingerprint density at radius 3 is 1.96 bits per heavy atom. The Morgan fingerprint density at radius 2 is 1.40 bits per heavy atom. The molecule has 38 nitrogen and oxygen atoms in total. The highest BCUT2D eigenvalue weighted by molar-refractivity contribution is 6.21. The van der Waals surface area contributed by atoms with Crippen LogP contribution in [0.5, 0.6) is 5.75 Å². The van der Waals surface area contributed by atoms with Crippen LogP contribution in [-0.4, -0.2) is 284 Å². The smallest absolute Gasteiger partial charge is 0.329 e. The van der Waals surface area contributed by atoms with E-state index in [1.165, 1.54) is 84.9 Å². The maximum Gasteiger partial charge on any atom is 0.329 e. The Morgan fingerprint density at radius 1 is 0.791 bits per heavy atom. The van der Waals surface area contributed by atoms with Gasteiger partial charge in [-0.3, -0.25) is 57.5 Å². The molecule has 0 saturated carbocycles. The van der Waals surface area contributed by atoms with Gasteiger partial charge in [0.25, 0.3) is 5.91 Å². The number of primary amides is 1. The molecule has 618 valence electrons. The number of carbonyl (C=O) groups is 13. The lowest BCUT2D eigenvalue weighted by molar-refractivity contribution is -0.268. The highest BCUT2D eigenvalue weighted by Crippen LogP contribution is 2.32. The van der Waals surface area contributed by atoms with Crippen LogP contribution in [0, 0.1) is 23.7 Å². The predicted molar refractivity (Wildman–Crippen MR) is 391 cm³/mol. The zero-order chi connectivity index (χ0) is 83.3. The molecule has 39 heteroatoms. The summed E-state index contributed by atoms with van der Waals surface area (Å²) in [7, 11) is 2.29. The second-order valence-corrected chi connectivity index (χ2v) is 29.3. The van der Waals surface area contributed by atoms with Crippen molar-refractivity contribution in [2.75, 3.05) is 40.5 Å². The Bertz CT molecular complexity index is 3440. The number of aliphatic hydroxyl groups is 7. The summed E-state index contributed by atoms with van der Waals surface area (Å²) in [4.78, 5) is 187. The lowest BCUT2D eigenvalue weighted by Crippen LogP contribution is -2.66. The highest BCUT2D eigenvalue weighted by Gasteiger charge is 2.49. The third-order valence-corrected chi connectivity index (χ3v) is 19.6. The molecule has 21 N–H and O–H groups in total. The molecule has 1 aromatic rings. The van der Waals surface area contributed by atoms with Gasteiger partial charge in [-0.2, -0.15) is 0 Å².